The van der Waals surface area contributed by atoms with Crippen LogP contribution in [0.4, 0.5) is 4.79 Å². The molecular weight excluding hydrogens is 160 g/mol. The summed E-state index contributed by atoms with van der Waals surface area (Å²) in [5.74, 6) is -0.0204. The molecule has 64 valence electrons. The van der Waals surface area contributed by atoms with Crippen LogP contribution in [0.1, 0.15) is 0 Å². The molecule has 4 N–H and O–H groups in total. The van der Waals surface area contributed by atoms with E-state index in [-0.39, 0.29) is 12.4 Å². The molecule has 1 aromatic heterocycles. The molecule has 1 rings (SSSR count). The second-order valence-electron chi connectivity index (χ2n) is 2.06. The number of urea groups is 1. The highest BCUT2D eigenvalue weighted by Gasteiger charge is 2.00. The third kappa shape index (κ3) is 2.37. The Morgan fingerprint density at radius 3 is 3.00 bits per heavy atom. The number of carbonyl (C=O) groups is 1. The van der Waals surface area contributed by atoms with Gasteiger partial charge < -0.3 is 5.73 Å². The lowest BCUT2D eigenvalue weighted by Gasteiger charge is -2.02. The number of nitrogens with zero attached hydrogens (tertiary/aromatic N) is 3. The first-order valence-corrected chi connectivity index (χ1v) is 3.15. The number of aromatic nitrogens is 3. The molecule has 1 aromatic rings. The molecule has 0 fully saturated rings. The van der Waals surface area contributed by atoms with Gasteiger partial charge in [0.1, 0.15) is 25.0 Å². The van der Waals surface area contributed by atoms with Crippen molar-refractivity contribution < 1.29 is 4.79 Å². The maximum atomic E-state index is 10.3. The second kappa shape index (κ2) is 3.46. The fourth-order valence-corrected chi connectivity index (χ4v) is 0.665. The first kappa shape index (κ1) is 8.18. The van der Waals surface area contributed by atoms with Crippen molar-refractivity contribution >= 4 is 11.9 Å². The van der Waals surface area contributed by atoms with Gasteiger partial charge in [0.2, 0.25) is 0 Å². The highest BCUT2D eigenvalue weighted by molar-refractivity contribution is 5.94. The van der Waals surface area contributed by atoms with Crippen LogP contribution in [-0.2, 0) is 6.54 Å². The van der Waals surface area contributed by atoms with E-state index in [4.69, 9.17) is 11.1 Å². The molecule has 0 unspecified atom stereocenters. The third-order valence-corrected chi connectivity index (χ3v) is 1.06. The summed E-state index contributed by atoms with van der Waals surface area (Å²) < 4.78 is 1.40. The molecule has 0 bridgehead atoms. The largest absolute Gasteiger partial charge is 0.351 e. The van der Waals surface area contributed by atoms with E-state index in [0.717, 1.165) is 0 Å². The predicted octanol–water partition coefficient (Wildman–Crippen LogP) is -1.08. The van der Waals surface area contributed by atoms with Crippen molar-refractivity contribution in [3.63, 3.8) is 0 Å². The minimum absolute atomic E-state index is 0.0204. The van der Waals surface area contributed by atoms with Crippen molar-refractivity contribution in [1.82, 2.24) is 20.1 Å². The number of primary amides is 1. The molecule has 0 spiro atoms. The molecule has 0 aliphatic carbocycles. The molecule has 7 nitrogen and oxygen atoms in total. The van der Waals surface area contributed by atoms with Crippen LogP contribution in [-0.4, -0.2) is 26.6 Å². The van der Waals surface area contributed by atoms with Gasteiger partial charge in [0.25, 0.3) is 0 Å². The number of nitrogens with one attached hydrogen (secondary N) is 2. The topological polar surface area (TPSA) is 110 Å². The average molecular weight is 168 g/mol. The molecule has 2 amide bonds. The molecule has 7 heteroatoms. The second-order valence-corrected chi connectivity index (χ2v) is 2.06. The molecule has 0 radical (unpaired) electrons. The first-order chi connectivity index (χ1) is 5.68. The van der Waals surface area contributed by atoms with Crippen LogP contribution in [0.2, 0.25) is 0 Å². The minimum atomic E-state index is -0.750. The van der Waals surface area contributed by atoms with E-state index in [1.54, 1.807) is 0 Å². The van der Waals surface area contributed by atoms with Gasteiger partial charge in [-0.15, -0.1) is 0 Å². The Morgan fingerprint density at radius 2 is 2.50 bits per heavy atom. The van der Waals surface area contributed by atoms with Crippen LogP contribution in [0.15, 0.2) is 12.7 Å². The first-order valence-electron chi connectivity index (χ1n) is 3.15. The Hall–Kier alpha value is -1.92. The Kier molecular flexibility index (Phi) is 2.36. The fourth-order valence-electron chi connectivity index (χ4n) is 0.665. The number of hydrogen-bond acceptors (Lipinski definition) is 4. The molecule has 0 saturated carbocycles. The third-order valence-electron chi connectivity index (χ3n) is 1.06. The van der Waals surface area contributed by atoms with Crippen LogP contribution in [0, 0.1) is 5.41 Å². The fraction of sp³-hybridized carbons (Fsp3) is 0.200. The number of carbonyl (C=O) groups excluding carboxylic acids is 1. The summed E-state index contributed by atoms with van der Waals surface area (Å²) in [7, 11) is 0. The summed E-state index contributed by atoms with van der Waals surface area (Å²) in [6.07, 6.45) is 2.79. The Labute approximate surface area is 68.1 Å². The van der Waals surface area contributed by atoms with Crippen molar-refractivity contribution in [2.45, 2.75) is 6.54 Å². The van der Waals surface area contributed by atoms with E-state index in [1.165, 1.54) is 17.3 Å². The SMILES string of the molecule is N=C(Cn1cncn1)NC(N)=O. The van der Waals surface area contributed by atoms with Gasteiger partial charge in [-0.3, -0.25) is 10.7 Å². The Balaban J connectivity index is 2.42. The molecule has 0 aliphatic heterocycles. The zero-order valence-corrected chi connectivity index (χ0v) is 6.19. The van der Waals surface area contributed by atoms with Crippen LogP contribution in [0.5, 0.6) is 0 Å². The van der Waals surface area contributed by atoms with Crippen LogP contribution in [0.25, 0.3) is 0 Å². The van der Waals surface area contributed by atoms with Gasteiger partial charge in [0.15, 0.2) is 0 Å². The lowest BCUT2D eigenvalue weighted by Crippen LogP contribution is -2.36. The Morgan fingerprint density at radius 1 is 1.75 bits per heavy atom. The zero-order valence-electron chi connectivity index (χ0n) is 6.19. The lowest BCUT2D eigenvalue weighted by atomic mass is 10.6. The molecular formula is C5H8N6O. The number of amides is 2. The highest BCUT2D eigenvalue weighted by atomic mass is 16.2. The van der Waals surface area contributed by atoms with E-state index >= 15 is 0 Å². The van der Waals surface area contributed by atoms with E-state index in [1.807, 2.05) is 0 Å². The van der Waals surface area contributed by atoms with Crippen molar-refractivity contribution in [2.24, 2.45) is 5.73 Å². The normalized spacial score (nSPS) is 9.33. The number of rotatable bonds is 2. The zero-order chi connectivity index (χ0) is 8.97. The van der Waals surface area contributed by atoms with Gasteiger partial charge >= 0.3 is 6.03 Å². The Bertz CT molecular complexity index is 278. The number of hydrogen-bond donors (Lipinski definition) is 3. The van der Waals surface area contributed by atoms with E-state index in [9.17, 15) is 4.79 Å². The molecule has 0 atom stereocenters. The molecule has 0 aromatic carbocycles. The van der Waals surface area contributed by atoms with E-state index < -0.39 is 6.03 Å². The summed E-state index contributed by atoms with van der Waals surface area (Å²) in [5.41, 5.74) is 4.79. The molecule has 1 heterocycles. The van der Waals surface area contributed by atoms with Crippen LogP contribution in [0.3, 0.4) is 0 Å². The van der Waals surface area contributed by atoms with Gasteiger partial charge in [-0.05, 0) is 0 Å². The molecule has 0 saturated heterocycles. The van der Waals surface area contributed by atoms with Crippen molar-refractivity contribution in [3.05, 3.63) is 12.7 Å². The van der Waals surface area contributed by atoms with E-state index in [0.29, 0.717) is 0 Å². The van der Waals surface area contributed by atoms with Gasteiger partial charge in [-0.1, -0.05) is 0 Å². The predicted molar refractivity (Wildman–Crippen MR) is 40.5 cm³/mol. The number of amidine groups is 1. The van der Waals surface area contributed by atoms with Gasteiger partial charge in [0.05, 0.1) is 0 Å². The van der Waals surface area contributed by atoms with Gasteiger partial charge in [0, 0.05) is 0 Å². The van der Waals surface area contributed by atoms with Crippen LogP contribution < -0.4 is 11.1 Å². The maximum absolute atomic E-state index is 10.3. The highest BCUT2D eigenvalue weighted by Crippen LogP contribution is 1.79. The summed E-state index contributed by atoms with van der Waals surface area (Å²) in [6.45, 7) is 0.156. The van der Waals surface area contributed by atoms with E-state index in [2.05, 4.69) is 15.4 Å². The summed E-state index contributed by atoms with van der Waals surface area (Å²) >= 11 is 0. The average Bonchev–Trinajstić information content (AvgIpc) is 2.37. The summed E-state index contributed by atoms with van der Waals surface area (Å²) in [4.78, 5) is 13.9. The van der Waals surface area contributed by atoms with Gasteiger partial charge in [-0.2, -0.15) is 5.10 Å². The van der Waals surface area contributed by atoms with Gasteiger partial charge in [-0.25, -0.2) is 14.5 Å². The summed E-state index contributed by atoms with van der Waals surface area (Å²) in [6, 6.07) is -0.750. The molecule has 0 aliphatic rings. The van der Waals surface area contributed by atoms with Crippen molar-refractivity contribution in [3.8, 4) is 0 Å². The summed E-state index contributed by atoms with van der Waals surface area (Å²) in [5, 5.41) is 13.0. The number of nitrogens with two attached hydrogens (primary N) is 1. The van der Waals surface area contributed by atoms with Crippen LogP contribution >= 0.6 is 0 Å². The smallest absolute Gasteiger partial charge is 0.317 e. The molecule has 12 heavy (non-hydrogen) atoms. The van der Waals surface area contributed by atoms with Crippen molar-refractivity contribution in [2.75, 3.05) is 0 Å². The quantitative estimate of drug-likeness (QED) is 0.386. The monoisotopic (exact) mass is 168 g/mol. The van der Waals surface area contributed by atoms with Crippen molar-refractivity contribution in [1.29, 1.82) is 5.41 Å². The standard InChI is InChI=1S/C5H8N6O/c6-4(10-5(7)12)1-11-3-8-2-9-11/h2-3H,1H2,(H4,6,7,10,12). The maximum Gasteiger partial charge on any atom is 0.317 e. The lowest BCUT2D eigenvalue weighted by molar-refractivity contribution is 0.253. The minimum Gasteiger partial charge on any atom is -0.351 e.